The maximum absolute atomic E-state index is 14.1. The largest absolute Gasteiger partial charge is 0.481 e. The van der Waals surface area contributed by atoms with E-state index in [0.717, 1.165) is 11.0 Å². The number of esters is 2. The van der Waals surface area contributed by atoms with Gasteiger partial charge in [0, 0.05) is 6.07 Å². The highest BCUT2D eigenvalue weighted by Gasteiger charge is 2.34. The van der Waals surface area contributed by atoms with Gasteiger partial charge in [0.2, 0.25) is 0 Å². The Kier molecular flexibility index (Phi) is 6.86. The number of amides is 1. The normalized spacial score (nSPS) is 13.3. The summed E-state index contributed by atoms with van der Waals surface area (Å²) in [5, 5.41) is 0. The Morgan fingerprint density at radius 1 is 0.941 bits per heavy atom. The van der Waals surface area contributed by atoms with Crippen LogP contribution >= 0.6 is 0 Å². The van der Waals surface area contributed by atoms with Crippen molar-refractivity contribution in [3.63, 3.8) is 0 Å². The van der Waals surface area contributed by atoms with Gasteiger partial charge in [0.05, 0.1) is 5.69 Å². The van der Waals surface area contributed by atoms with Gasteiger partial charge >= 0.3 is 11.9 Å². The van der Waals surface area contributed by atoms with Crippen LogP contribution in [0, 0.1) is 5.82 Å². The molecule has 2 aromatic carbocycles. The molecule has 0 unspecified atom stereocenters. The molecule has 182 valence electrons. The van der Waals surface area contributed by atoms with Crippen LogP contribution in [0.3, 0.4) is 0 Å². The van der Waals surface area contributed by atoms with Crippen LogP contribution < -0.4 is 14.4 Å². The molecule has 0 saturated carbocycles. The van der Waals surface area contributed by atoms with Gasteiger partial charge in [-0.3, -0.25) is 14.5 Å². The molecule has 0 aromatic heterocycles. The third kappa shape index (κ3) is 6.24. The number of carbonyl (C=O) groups excluding carboxylic acids is 3. The lowest BCUT2D eigenvalue weighted by Crippen LogP contribution is -2.38. The SMILES string of the molecule is CC(C)(C)OC(=O)COc1cccc2c1C(=O)N(CC(=O)OC(C)(C)C)c1cc(F)ccc1O2. The average molecular weight is 473 g/mol. The highest BCUT2D eigenvalue weighted by atomic mass is 19.1. The summed E-state index contributed by atoms with van der Waals surface area (Å²) < 4.78 is 36.2. The molecule has 2 aromatic rings. The molecule has 9 heteroatoms. The molecule has 1 aliphatic rings. The minimum absolute atomic E-state index is 0.0220. The van der Waals surface area contributed by atoms with Crippen molar-refractivity contribution in [1.29, 1.82) is 0 Å². The average Bonchev–Trinajstić information content (AvgIpc) is 2.79. The van der Waals surface area contributed by atoms with Crippen molar-refractivity contribution in [2.45, 2.75) is 52.7 Å². The lowest BCUT2D eigenvalue weighted by Gasteiger charge is -2.25. The molecule has 8 nitrogen and oxygen atoms in total. The maximum atomic E-state index is 14.1. The van der Waals surface area contributed by atoms with E-state index in [9.17, 15) is 18.8 Å². The van der Waals surface area contributed by atoms with Gasteiger partial charge in [-0.1, -0.05) is 6.07 Å². The summed E-state index contributed by atoms with van der Waals surface area (Å²) in [5.41, 5.74) is -1.45. The van der Waals surface area contributed by atoms with Crippen LogP contribution in [0.4, 0.5) is 10.1 Å². The molecule has 1 heterocycles. The minimum atomic E-state index is -0.785. The van der Waals surface area contributed by atoms with E-state index in [0.29, 0.717) is 0 Å². The molecule has 0 spiro atoms. The first kappa shape index (κ1) is 25.0. The molecule has 0 fully saturated rings. The van der Waals surface area contributed by atoms with Crippen LogP contribution in [0.25, 0.3) is 0 Å². The molecule has 0 N–H and O–H groups in total. The van der Waals surface area contributed by atoms with Gasteiger partial charge in [-0.2, -0.15) is 0 Å². The van der Waals surface area contributed by atoms with Crippen molar-refractivity contribution in [3.05, 3.63) is 47.8 Å². The second-order valence-electron chi connectivity index (χ2n) is 9.70. The Hall–Kier alpha value is -3.62. The Labute approximate surface area is 197 Å². The van der Waals surface area contributed by atoms with Crippen LogP contribution in [-0.2, 0) is 19.1 Å². The molecule has 1 aliphatic heterocycles. The number of anilines is 1. The summed E-state index contributed by atoms with van der Waals surface area (Å²) in [6.07, 6.45) is 0. The first-order valence-electron chi connectivity index (χ1n) is 10.7. The third-order valence-electron chi connectivity index (χ3n) is 4.35. The fraction of sp³-hybridized carbons (Fsp3) is 0.400. The number of hydrogen-bond acceptors (Lipinski definition) is 7. The van der Waals surface area contributed by atoms with Crippen molar-refractivity contribution in [2.75, 3.05) is 18.1 Å². The van der Waals surface area contributed by atoms with E-state index in [1.807, 2.05) is 0 Å². The zero-order valence-corrected chi connectivity index (χ0v) is 20.1. The van der Waals surface area contributed by atoms with E-state index < -0.39 is 48.0 Å². The highest BCUT2D eigenvalue weighted by molar-refractivity contribution is 6.13. The van der Waals surface area contributed by atoms with Gasteiger partial charge < -0.3 is 18.9 Å². The quantitative estimate of drug-likeness (QED) is 0.584. The van der Waals surface area contributed by atoms with Crippen LogP contribution in [0.15, 0.2) is 36.4 Å². The van der Waals surface area contributed by atoms with E-state index >= 15 is 0 Å². The zero-order chi connectivity index (χ0) is 25.3. The summed E-state index contributed by atoms with van der Waals surface area (Å²) >= 11 is 0. The van der Waals surface area contributed by atoms with Gasteiger partial charge in [0.1, 0.15) is 40.6 Å². The van der Waals surface area contributed by atoms with E-state index in [1.54, 1.807) is 47.6 Å². The Morgan fingerprint density at radius 3 is 2.24 bits per heavy atom. The molecular weight excluding hydrogens is 445 g/mol. The number of rotatable bonds is 5. The van der Waals surface area contributed by atoms with Gasteiger partial charge in [0.15, 0.2) is 12.4 Å². The highest BCUT2D eigenvalue weighted by Crippen LogP contribution is 2.42. The standard InChI is InChI=1S/C25H28FNO7/c1-24(2,3)33-20(28)13-27-16-12-15(26)10-11-17(16)32-19-9-7-8-18(22(19)23(27)30)31-14-21(29)34-25(4,5)6/h7-12H,13-14H2,1-6H3. The predicted molar refractivity (Wildman–Crippen MR) is 122 cm³/mol. The van der Waals surface area contributed by atoms with Gasteiger partial charge in [-0.15, -0.1) is 0 Å². The van der Waals surface area contributed by atoms with Crippen molar-refractivity contribution in [3.8, 4) is 17.2 Å². The minimum Gasteiger partial charge on any atom is -0.481 e. The maximum Gasteiger partial charge on any atom is 0.344 e. The number of benzene rings is 2. The summed E-state index contributed by atoms with van der Waals surface area (Å²) in [7, 11) is 0. The fourth-order valence-corrected chi connectivity index (χ4v) is 3.25. The molecular formula is C25H28FNO7. The number of halogens is 1. The van der Waals surface area contributed by atoms with Crippen molar-refractivity contribution >= 4 is 23.5 Å². The number of carbonyl (C=O) groups is 3. The predicted octanol–water partition coefficient (Wildman–Crippen LogP) is 4.64. The van der Waals surface area contributed by atoms with Crippen LogP contribution in [-0.4, -0.2) is 42.2 Å². The van der Waals surface area contributed by atoms with E-state index in [-0.39, 0.29) is 28.5 Å². The van der Waals surface area contributed by atoms with Crippen molar-refractivity contribution < 1.29 is 37.7 Å². The monoisotopic (exact) mass is 473 g/mol. The number of nitrogens with zero attached hydrogens (tertiary/aromatic N) is 1. The second-order valence-corrected chi connectivity index (χ2v) is 9.70. The Bertz CT molecular complexity index is 1120. The molecule has 0 radical (unpaired) electrons. The molecule has 1 amide bonds. The van der Waals surface area contributed by atoms with Crippen LogP contribution in [0.2, 0.25) is 0 Å². The number of fused-ring (bicyclic) bond motifs is 2. The Balaban J connectivity index is 1.98. The van der Waals surface area contributed by atoms with Crippen LogP contribution in [0.5, 0.6) is 17.2 Å². The molecule has 34 heavy (non-hydrogen) atoms. The molecule has 0 saturated heterocycles. The number of ether oxygens (including phenoxy) is 4. The van der Waals surface area contributed by atoms with E-state index in [1.165, 1.54) is 24.3 Å². The summed E-state index contributed by atoms with van der Waals surface area (Å²) in [6.45, 7) is 9.33. The lowest BCUT2D eigenvalue weighted by atomic mass is 10.1. The zero-order valence-electron chi connectivity index (χ0n) is 20.1. The van der Waals surface area contributed by atoms with Gasteiger partial charge in [-0.05, 0) is 65.8 Å². The van der Waals surface area contributed by atoms with Gasteiger partial charge in [0.25, 0.3) is 5.91 Å². The number of hydrogen-bond donors (Lipinski definition) is 0. The van der Waals surface area contributed by atoms with Crippen molar-refractivity contribution in [2.24, 2.45) is 0 Å². The molecule has 0 atom stereocenters. The second kappa shape index (κ2) is 9.32. The molecule has 0 bridgehead atoms. The smallest absolute Gasteiger partial charge is 0.344 e. The first-order chi connectivity index (χ1) is 15.7. The van der Waals surface area contributed by atoms with Gasteiger partial charge in [-0.25, -0.2) is 9.18 Å². The Morgan fingerprint density at radius 2 is 1.59 bits per heavy atom. The molecule has 3 rings (SSSR count). The molecule has 0 aliphatic carbocycles. The lowest BCUT2D eigenvalue weighted by molar-refractivity contribution is -0.157. The van der Waals surface area contributed by atoms with E-state index in [2.05, 4.69) is 0 Å². The summed E-state index contributed by atoms with van der Waals surface area (Å²) in [6, 6.07) is 8.27. The summed E-state index contributed by atoms with van der Waals surface area (Å²) in [4.78, 5) is 39.4. The fourth-order valence-electron chi connectivity index (χ4n) is 3.25. The third-order valence-corrected chi connectivity index (χ3v) is 4.35. The summed E-state index contributed by atoms with van der Waals surface area (Å²) in [5.74, 6) is -2.25. The van der Waals surface area contributed by atoms with E-state index in [4.69, 9.17) is 18.9 Å². The topological polar surface area (TPSA) is 91.4 Å². The van der Waals surface area contributed by atoms with Crippen molar-refractivity contribution in [1.82, 2.24) is 0 Å². The van der Waals surface area contributed by atoms with Crippen LogP contribution in [0.1, 0.15) is 51.9 Å². The first-order valence-corrected chi connectivity index (χ1v) is 10.7.